The van der Waals surface area contributed by atoms with Crippen LogP contribution in [0.3, 0.4) is 0 Å². The van der Waals surface area contributed by atoms with Crippen LogP contribution in [-0.2, 0) is 0 Å². The molecule has 33 heavy (non-hydrogen) atoms. The monoisotopic (exact) mass is 443 g/mol. The van der Waals surface area contributed by atoms with Crippen molar-refractivity contribution < 1.29 is 9.53 Å². The van der Waals surface area contributed by atoms with Gasteiger partial charge in [-0.15, -0.1) is 0 Å². The summed E-state index contributed by atoms with van der Waals surface area (Å²) < 4.78 is 7.39. The first-order valence-electron chi connectivity index (χ1n) is 11.2. The van der Waals surface area contributed by atoms with Gasteiger partial charge in [0, 0.05) is 50.0 Å². The number of amides is 1. The number of nitrogens with zero attached hydrogens (tertiary/aromatic N) is 4. The Kier molecular flexibility index (Phi) is 7.75. The quantitative estimate of drug-likeness (QED) is 0.594. The molecule has 170 valence electrons. The number of carbonyl (C=O) groups is 1. The second kappa shape index (κ2) is 11.3. The van der Waals surface area contributed by atoms with E-state index in [-0.39, 0.29) is 18.6 Å². The number of piperazine rings is 1. The van der Waals surface area contributed by atoms with E-state index in [0.717, 1.165) is 43.9 Å². The van der Waals surface area contributed by atoms with E-state index in [9.17, 15) is 4.79 Å². The van der Waals surface area contributed by atoms with Crippen LogP contribution >= 0.6 is 0 Å². The van der Waals surface area contributed by atoms with Gasteiger partial charge in [0.25, 0.3) is 0 Å². The minimum absolute atomic E-state index is 0.229. The van der Waals surface area contributed by atoms with Crippen molar-refractivity contribution in [1.29, 1.82) is 0 Å². The molecule has 1 amide bonds. The molecule has 2 aromatic carbocycles. The molecule has 7 heteroatoms. The fourth-order valence-electron chi connectivity index (χ4n) is 3.57. The molecule has 0 radical (unpaired) electrons. The minimum Gasteiger partial charge on any atom is -0.463 e. The van der Waals surface area contributed by atoms with E-state index in [0.29, 0.717) is 12.3 Å². The highest BCUT2D eigenvalue weighted by atomic mass is 16.5. The van der Waals surface area contributed by atoms with Crippen LogP contribution < -0.4 is 10.1 Å². The molecule has 0 atom stereocenters. The number of imidazole rings is 1. The minimum atomic E-state index is -0.318. The number of carbonyl (C=O) groups excluding carboxylic acids is 1. The lowest BCUT2D eigenvalue weighted by Gasteiger charge is -2.32. The Labute approximate surface area is 195 Å². The topological polar surface area (TPSA) is 62.6 Å². The molecule has 3 aromatic rings. The number of hydrogen-bond donors (Lipinski definition) is 1. The zero-order chi connectivity index (χ0) is 22.9. The standard InChI is InChI=1S/C26H29N5O2/c1-29-15-17-30(18-16-29)19-20-33-26-28-24(23-12-6-3-7-13-23)21-31(26)25(32)27-14-8-11-22-9-4-2-5-10-22/h2-7,9-10,12-13,21H,14-20H2,1H3,(H,27,32). The number of ether oxygens (including phenoxy) is 1. The molecule has 0 spiro atoms. The lowest BCUT2D eigenvalue weighted by molar-refractivity contribution is 0.130. The Bertz CT molecular complexity index is 1090. The molecule has 2 heterocycles. The van der Waals surface area contributed by atoms with Gasteiger partial charge in [-0.25, -0.2) is 9.36 Å². The summed E-state index contributed by atoms with van der Waals surface area (Å²) in [6, 6.07) is 19.4. The summed E-state index contributed by atoms with van der Waals surface area (Å²) >= 11 is 0. The van der Waals surface area contributed by atoms with Crippen LogP contribution in [-0.4, -0.2) is 78.3 Å². The smallest absolute Gasteiger partial charge is 0.330 e. The van der Waals surface area contributed by atoms with Crippen molar-refractivity contribution in [3.05, 3.63) is 72.4 Å². The van der Waals surface area contributed by atoms with E-state index >= 15 is 0 Å². The molecule has 1 saturated heterocycles. The van der Waals surface area contributed by atoms with Crippen molar-refractivity contribution in [3.8, 4) is 29.1 Å². The molecular weight excluding hydrogens is 414 g/mol. The number of nitrogens with one attached hydrogen (secondary N) is 1. The summed E-state index contributed by atoms with van der Waals surface area (Å²) in [7, 11) is 2.14. The highest BCUT2D eigenvalue weighted by Gasteiger charge is 2.18. The fourth-order valence-corrected chi connectivity index (χ4v) is 3.57. The van der Waals surface area contributed by atoms with Gasteiger partial charge < -0.3 is 15.0 Å². The molecular formula is C26H29N5O2. The SMILES string of the molecule is CN1CCN(CCOc2nc(-c3ccccc3)cn2C(=O)NCC#Cc2ccccc2)CC1. The first-order chi connectivity index (χ1) is 16.2. The van der Waals surface area contributed by atoms with Gasteiger partial charge in [0.2, 0.25) is 0 Å². The van der Waals surface area contributed by atoms with Crippen molar-refractivity contribution >= 4 is 6.03 Å². The molecule has 7 nitrogen and oxygen atoms in total. The Balaban J connectivity index is 1.41. The van der Waals surface area contributed by atoms with E-state index in [1.165, 1.54) is 4.57 Å². The van der Waals surface area contributed by atoms with Crippen molar-refractivity contribution in [3.63, 3.8) is 0 Å². The summed E-state index contributed by atoms with van der Waals surface area (Å²) in [5, 5.41) is 2.83. The van der Waals surface area contributed by atoms with Gasteiger partial charge in [0.1, 0.15) is 6.61 Å². The molecule has 1 aliphatic heterocycles. The van der Waals surface area contributed by atoms with Gasteiger partial charge in [0.15, 0.2) is 0 Å². The third-order valence-corrected chi connectivity index (χ3v) is 5.53. The van der Waals surface area contributed by atoms with Crippen molar-refractivity contribution in [2.45, 2.75) is 0 Å². The zero-order valence-corrected chi connectivity index (χ0v) is 18.9. The summed E-state index contributed by atoms with van der Waals surface area (Å²) in [6.07, 6.45) is 1.71. The van der Waals surface area contributed by atoms with Gasteiger partial charge in [-0.1, -0.05) is 60.4 Å². The fraction of sp³-hybridized carbons (Fsp3) is 0.308. The second-order valence-electron chi connectivity index (χ2n) is 7.96. The maximum absolute atomic E-state index is 12.9. The first kappa shape index (κ1) is 22.6. The normalized spacial score (nSPS) is 14.3. The van der Waals surface area contributed by atoms with Crippen molar-refractivity contribution in [2.75, 3.05) is 52.9 Å². The van der Waals surface area contributed by atoms with E-state index < -0.39 is 0 Å². The van der Waals surface area contributed by atoms with Crippen LogP contribution in [0, 0.1) is 11.8 Å². The van der Waals surface area contributed by atoms with Crippen molar-refractivity contribution in [2.24, 2.45) is 0 Å². The van der Waals surface area contributed by atoms with Gasteiger partial charge >= 0.3 is 12.0 Å². The van der Waals surface area contributed by atoms with Crippen LogP contribution in [0.5, 0.6) is 6.01 Å². The molecule has 1 aromatic heterocycles. The van der Waals surface area contributed by atoms with Gasteiger partial charge in [-0.05, 0) is 19.2 Å². The van der Waals surface area contributed by atoms with Crippen LogP contribution in [0.15, 0.2) is 66.9 Å². The molecule has 4 rings (SSSR count). The number of hydrogen-bond acceptors (Lipinski definition) is 5. The maximum atomic E-state index is 12.9. The molecule has 0 saturated carbocycles. The Morgan fingerprint density at radius 3 is 2.45 bits per heavy atom. The van der Waals surface area contributed by atoms with Gasteiger partial charge in [-0.3, -0.25) is 4.90 Å². The van der Waals surface area contributed by atoms with E-state index in [4.69, 9.17) is 4.74 Å². The van der Waals surface area contributed by atoms with E-state index in [1.54, 1.807) is 6.20 Å². The number of aromatic nitrogens is 2. The van der Waals surface area contributed by atoms with E-state index in [1.807, 2.05) is 60.7 Å². The third kappa shape index (κ3) is 6.45. The lowest BCUT2D eigenvalue weighted by atomic mass is 10.2. The van der Waals surface area contributed by atoms with Crippen molar-refractivity contribution in [1.82, 2.24) is 24.7 Å². The highest BCUT2D eigenvalue weighted by Crippen LogP contribution is 2.22. The molecule has 1 aliphatic rings. The predicted octanol–water partition coefficient (Wildman–Crippen LogP) is 2.79. The molecule has 1 N–H and O–H groups in total. The van der Waals surface area contributed by atoms with E-state index in [2.05, 4.69) is 39.0 Å². The average Bonchev–Trinajstić information content (AvgIpc) is 3.28. The Hall–Kier alpha value is -3.60. The molecule has 0 unspecified atom stereocenters. The summed E-state index contributed by atoms with van der Waals surface area (Å²) in [5.74, 6) is 6.02. The Morgan fingerprint density at radius 2 is 1.73 bits per heavy atom. The predicted molar refractivity (Wildman–Crippen MR) is 129 cm³/mol. The second-order valence-corrected chi connectivity index (χ2v) is 7.96. The first-order valence-corrected chi connectivity index (χ1v) is 11.2. The Morgan fingerprint density at radius 1 is 1.03 bits per heavy atom. The van der Waals surface area contributed by atoms with Gasteiger partial charge in [0.05, 0.1) is 12.2 Å². The summed E-state index contributed by atoms with van der Waals surface area (Å²) in [6.45, 7) is 5.64. The third-order valence-electron chi connectivity index (χ3n) is 5.53. The number of benzene rings is 2. The molecule has 0 bridgehead atoms. The maximum Gasteiger partial charge on any atom is 0.330 e. The van der Waals surface area contributed by atoms with Gasteiger partial charge in [-0.2, -0.15) is 4.98 Å². The highest BCUT2D eigenvalue weighted by molar-refractivity contribution is 5.80. The summed E-state index contributed by atoms with van der Waals surface area (Å²) in [5.41, 5.74) is 2.53. The van der Waals surface area contributed by atoms with Crippen LogP contribution in [0.2, 0.25) is 0 Å². The molecule has 1 fully saturated rings. The van der Waals surface area contributed by atoms with Crippen LogP contribution in [0.1, 0.15) is 5.56 Å². The molecule has 0 aliphatic carbocycles. The number of rotatable bonds is 6. The van der Waals surface area contributed by atoms with Crippen LogP contribution in [0.25, 0.3) is 11.3 Å². The summed E-state index contributed by atoms with van der Waals surface area (Å²) in [4.78, 5) is 22.1. The van der Waals surface area contributed by atoms with Crippen LogP contribution in [0.4, 0.5) is 4.79 Å². The largest absolute Gasteiger partial charge is 0.463 e. The average molecular weight is 444 g/mol. The lowest BCUT2D eigenvalue weighted by Crippen LogP contribution is -2.45. The number of likely N-dealkylation sites (N-methyl/N-ethyl adjacent to an activating group) is 1. The zero-order valence-electron chi connectivity index (χ0n) is 18.9.